The van der Waals surface area contributed by atoms with E-state index in [1.165, 1.54) is 0 Å². The van der Waals surface area contributed by atoms with E-state index in [0.29, 0.717) is 19.0 Å². The molecule has 0 aliphatic carbocycles. The molecule has 4 nitrogen and oxygen atoms in total. The molecule has 7 heteroatoms. The number of ether oxygens (including phenoxy) is 1. The normalized spacial score (nSPS) is 18.9. The maximum absolute atomic E-state index is 11.9. The van der Waals surface area contributed by atoms with Crippen LogP contribution in [0.3, 0.4) is 0 Å². The number of nitrogens with one attached hydrogen (secondary N) is 2. The lowest BCUT2D eigenvalue weighted by molar-refractivity contribution is -0.121. The highest BCUT2D eigenvalue weighted by Gasteiger charge is 2.17. The molecule has 22 heavy (non-hydrogen) atoms. The van der Waals surface area contributed by atoms with Crippen molar-refractivity contribution in [2.24, 2.45) is 0 Å². The fraction of sp³-hybridized carbons (Fsp3) is 0.533. The van der Waals surface area contributed by atoms with E-state index in [2.05, 4.69) is 26.6 Å². The Labute approximate surface area is 150 Å². The van der Waals surface area contributed by atoms with Gasteiger partial charge in [0.1, 0.15) is 11.9 Å². The highest BCUT2D eigenvalue weighted by molar-refractivity contribution is 9.10. The highest BCUT2D eigenvalue weighted by atomic mass is 79.9. The smallest absolute Gasteiger partial charge is 0.221 e. The van der Waals surface area contributed by atoms with Crippen LogP contribution in [0.4, 0.5) is 0 Å². The molecule has 124 valence electrons. The van der Waals surface area contributed by atoms with Crippen LogP contribution >= 0.6 is 40.1 Å². The van der Waals surface area contributed by atoms with Crippen LogP contribution in [0, 0.1) is 0 Å². The van der Waals surface area contributed by atoms with Gasteiger partial charge < -0.3 is 15.4 Å². The van der Waals surface area contributed by atoms with Crippen LogP contribution in [0.2, 0.25) is 0 Å². The van der Waals surface area contributed by atoms with Crippen molar-refractivity contribution in [1.82, 2.24) is 10.6 Å². The van der Waals surface area contributed by atoms with Crippen LogP contribution in [0.25, 0.3) is 0 Å². The van der Waals surface area contributed by atoms with E-state index >= 15 is 0 Å². The molecule has 0 bridgehead atoms. The van der Waals surface area contributed by atoms with Gasteiger partial charge in [0.15, 0.2) is 0 Å². The number of rotatable bonds is 6. The zero-order valence-corrected chi connectivity index (χ0v) is 15.7. The molecule has 1 fully saturated rings. The van der Waals surface area contributed by atoms with E-state index in [0.717, 1.165) is 28.3 Å². The summed E-state index contributed by atoms with van der Waals surface area (Å²) in [5.74, 6) is 3.03. The summed E-state index contributed by atoms with van der Waals surface area (Å²) in [6.45, 7) is 3.46. The van der Waals surface area contributed by atoms with Gasteiger partial charge >= 0.3 is 0 Å². The molecule has 1 heterocycles. The van der Waals surface area contributed by atoms with E-state index in [9.17, 15) is 4.79 Å². The molecule has 2 rings (SSSR count). The average molecular weight is 410 g/mol. The molecule has 0 radical (unpaired) electrons. The van der Waals surface area contributed by atoms with Gasteiger partial charge in [-0.3, -0.25) is 4.79 Å². The number of carbonyl (C=O) groups is 1. The summed E-state index contributed by atoms with van der Waals surface area (Å²) >= 11 is 5.31. The van der Waals surface area contributed by atoms with E-state index < -0.39 is 0 Å². The number of halogens is 2. The molecule has 1 aromatic carbocycles. The van der Waals surface area contributed by atoms with Gasteiger partial charge in [0.25, 0.3) is 0 Å². The molecular formula is C15H22BrClN2O2S. The average Bonchev–Trinajstić information content (AvgIpc) is 2.46. The molecule has 2 atom stereocenters. The van der Waals surface area contributed by atoms with Crippen LogP contribution in [0.5, 0.6) is 5.75 Å². The zero-order chi connectivity index (χ0) is 15.1. The maximum atomic E-state index is 11.9. The van der Waals surface area contributed by atoms with E-state index in [-0.39, 0.29) is 24.4 Å². The standard InChI is InChI=1S/C15H21BrN2O2S.ClH/c1-11(20-14-4-2-3-12(16)7-14)9-18-15(19)8-13-10-21-6-5-17-13;/h2-4,7,11,13,17H,5-6,8-10H2,1H3,(H,18,19);1H. The van der Waals surface area contributed by atoms with Gasteiger partial charge in [-0.15, -0.1) is 12.4 Å². The largest absolute Gasteiger partial charge is 0.489 e. The third-order valence-corrected chi connectivity index (χ3v) is 4.77. The van der Waals surface area contributed by atoms with Gasteiger partial charge in [0, 0.05) is 35.0 Å². The van der Waals surface area contributed by atoms with Crippen LogP contribution in [0.15, 0.2) is 28.7 Å². The van der Waals surface area contributed by atoms with Crippen LogP contribution in [-0.2, 0) is 4.79 Å². The Kier molecular flexibility index (Phi) is 9.24. The predicted molar refractivity (Wildman–Crippen MR) is 98.2 cm³/mol. The number of hydrogen-bond donors (Lipinski definition) is 2. The topological polar surface area (TPSA) is 50.4 Å². The second-order valence-electron chi connectivity index (χ2n) is 5.12. The second-order valence-corrected chi connectivity index (χ2v) is 7.19. The summed E-state index contributed by atoms with van der Waals surface area (Å²) in [5, 5.41) is 6.31. The first-order valence-electron chi connectivity index (χ1n) is 7.13. The summed E-state index contributed by atoms with van der Waals surface area (Å²) in [5.41, 5.74) is 0. The molecular weight excluding hydrogens is 388 g/mol. The molecule has 2 N–H and O–H groups in total. The van der Waals surface area contributed by atoms with E-state index in [1.807, 2.05) is 43.0 Å². The van der Waals surface area contributed by atoms with Gasteiger partial charge in [-0.25, -0.2) is 0 Å². The number of benzene rings is 1. The lowest BCUT2D eigenvalue weighted by Crippen LogP contribution is -2.42. The summed E-state index contributed by atoms with van der Waals surface area (Å²) in [6.07, 6.45) is 0.480. The molecule has 1 aliphatic rings. The summed E-state index contributed by atoms with van der Waals surface area (Å²) < 4.78 is 6.75. The minimum Gasteiger partial charge on any atom is -0.489 e. The molecule has 1 amide bonds. The van der Waals surface area contributed by atoms with Crippen molar-refractivity contribution < 1.29 is 9.53 Å². The fourth-order valence-corrected chi connectivity index (χ4v) is 3.45. The van der Waals surface area contributed by atoms with Gasteiger partial charge in [-0.1, -0.05) is 22.0 Å². The molecule has 1 saturated heterocycles. The molecule has 0 spiro atoms. The van der Waals surface area contributed by atoms with Crippen molar-refractivity contribution >= 4 is 46.0 Å². The first-order chi connectivity index (χ1) is 10.1. The second kappa shape index (κ2) is 10.4. The molecule has 1 aliphatic heterocycles. The summed E-state index contributed by atoms with van der Waals surface area (Å²) in [6, 6.07) is 8.00. The Morgan fingerprint density at radius 1 is 1.59 bits per heavy atom. The van der Waals surface area contributed by atoms with Crippen LogP contribution < -0.4 is 15.4 Å². The molecule has 0 saturated carbocycles. The van der Waals surface area contributed by atoms with Gasteiger partial charge in [0.2, 0.25) is 5.91 Å². The quantitative estimate of drug-likeness (QED) is 0.758. The Balaban J connectivity index is 0.00000242. The monoisotopic (exact) mass is 408 g/mol. The minimum absolute atomic E-state index is 0. The van der Waals surface area contributed by atoms with Gasteiger partial charge in [0.05, 0.1) is 6.54 Å². The first-order valence-corrected chi connectivity index (χ1v) is 9.08. The third-order valence-electron chi connectivity index (χ3n) is 3.15. The lowest BCUT2D eigenvalue weighted by atomic mass is 10.2. The predicted octanol–water partition coefficient (Wildman–Crippen LogP) is 2.85. The van der Waals surface area contributed by atoms with Crippen molar-refractivity contribution in [2.75, 3.05) is 24.6 Å². The summed E-state index contributed by atoms with van der Waals surface area (Å²) in [7, 11) is 0. The SMILES string of the molecule is CC(CNC(=O)CC1CSCCN1)Oc1cccc(Br)c1.Cl. The van der Waals surface area contributed by atoms with Gasteiger partial charge in [-0.05, 0) is 25.1 Å². The van der Waals surface area contributed by atoms with Crippen molar-refractivity contribution in [2.45, 2.75) is 25.5 Å². The van der Waals surface area contributed by atoms with E-state index in [4.69, 9.17) is 4.74 Å². The fourth-order valence-electron chi connectivity index (χ4n) is 2.12. The van der Waals surface area contributed by atoms with Crippen LogP contribution in [0.1, 0.15) is 13.3 Å². The number of amides is 1. The molecule has 1 aromatic rings. The third kappa shape index (κ3) is 7.22. The van der Waals surface area contributed by atoms with E-state index in [1.54, 1.807) is 0 Å². The lowest BCUT2D eigenvalue weighted by Gasteiger charge is -2.23. The van der Waals surface area contributed by atoms with Crippen LogP contribution in [-0.4, -0.2) is 42.6 Å². The Morgan fingerprint density at radius 3 is 3.09 bits per heavy atom. The van der Waals surface area contributed by atoms with Gasteiger partial charge in [-0.2, -0.15) is 11.8 Å². The summed E-state index contributed by atoms with van der Waals surface area (Å²) in [4.78, 5) is 11.9. The maximum Gasteiger partial charge on any atom is 0.221 e. The highest BCUT2D eigenvalue weighted by Crippen LogP contribution is 2.18. The Morgan fingerprint density at radius 2 is 2.41 bits per heavy atom. The number of hydrogen-bond acceptors (Lipinski definition) is 4. The molecule has 0 aromatic heterocycles. The van der Waals surface area contributed by atoms with Crippen molar-refractivity contribution in [3.05, 3.63) is 28.7 Å². The molecule has 2 unspecified atom stereocenters. The number of carbonyl (C=O) groups excluding carboxylic acids is 1. The Bertz CT molecular complexity index is 473. The van der Waals surface area contributed by atoms with Crippen molar-refractivity contribution in [1.29, 1.82) is 0 Å². The number of thioether (sulfide) groups is 1. The Hall–Kier alpha value is -0.430. The van der Waals surface area contributed by atoms with Crippen molar-refractivity contribution in [3.8, 4) is 5.75 Å². The minimum atomic E-state index is -0.0584. The van der Waals surface area contributed by atoms with Crippen molar-refractivity contribution in [3.63, 3.8) is 0 Å². The first kappa shape index (κ1) is 19.6. The zero-order valence-electron chi connectivity index (χ0n) is 12.5.